The zero-order valence-corrected chi connectivity index (χ0v) is 11.1. The second kappa shape index (κ2) is 5.78. The standard InChI is InChI=1S/C14H20N4/c1-11(2)14(18-10-16-9-17-18)13(15-3)12-7-5-4-6-8-12/h4-11,13-15H,1-3H3. The minimum absolute atomic E-state index is 0.230. The molecule has 0 aliphatic heterocycles. The molecule has 96 valence electrons. The Balaban J connectivity index is 2.35. The Kier molecular flexibility index (Phi) is 4.10. The zero-order valence-electron chi connectivity index (χ0n) is 11.1. The Bertz CT molecular complexity index is 450. The summed E-state index contributed by atoms with van der Waals surface area (Å²) in [5.74, 6) is 0.462. The summed E-state index contributed by atoms with van der Waals surface area (Å²) < 4.78 is 1.94. The fourth-order valence-corrected chi connectivity index (χ4v) is 2.41. The van der Waals surface area contributed by atoms with E-state index in [-0.39, 0.29) is 12.1 Å². The first kappa shape index (κ1) is 12.8. The van der Waals surface area contributed by atoms with E-state index in [0.717, 1.165) is 0 Å². The summed E-state index contributed by atoms with van der Waals surface area (Å²) in [6.45, 7) is 4.42. The Morgan fingerprint density at radius 2 is 1.89 bits per heavy atom. The van der Waals surface area contributed by atoms with Crippen LogP contribution in [0.15, 0.2) is 43.0 Å². The number of hydrogen-bond donors (Lipinski definition) is 1. The highest BCUT2D eigenvalue weighted by atomic mass is 15.3. The minimum Gasteiger partial charge on any atom is -0.311 e. The third-order valence-corrected chi connectivity index (χ3v) is 3.24. The highest BCUT2D eigenvalue weighted by Gasteiger charge is 2.26. The zero-order chi connectivity index (χ0) is 13.0. The predicted octanol–water partition coefficient (Wildman–Crippen LogP) is 2.44. The van der Waals surface area contributed by atoms with Crippen LogP contribution in [-0.2, 0) is 0 Å². The molecule has 0 fully saturated rings. The van der Waals surface area contributed by atoms with Gasteiger partial charge in [0.25, 0.3) is 0 Å². The van der Waals surface area contributed by atoms with Crippen molar-refractivity contribution in [3.8, 4) is 0 Å². The molecule has 0 saturated heterocycles. The molecule has 0 radical (unpaired) electrons. The lowest BCUT2D eigenvalue weighted by atomic mass is 9.91. The van der Waals surface area contributed by atoms with Crippen LogP contribution in [0.1, 0.15) is 31.5 Å². The molecule has 4 nitrogen and oxygen atoms in total. The molecule has 18 heavy (non-hydrogen) atoms. The molecular formula is C14H20N4. The highest BCUT2D eigenvalue weighted by molar-refractivity contribution is 5.20. The van der Waals surface area contributed by atoms with E-state index in [2.05, 4.69) is 53.5 Å². The molecule has 0 aliphatic carbocycles. The van der Waals surface area contributed by atoms with Crippen LogP contribution in [-0.4, -0.2) is 21.8 Å². The Morgan fingerprint density at radius 3 is 2.39 bits per heavy atom. The Morgan fingerprint density at radius 1 is 1.17 bits per heavy atom. The number of hydrogen-bond acceptors (Lipinski definition) is 3. The van der Waals surface area contributed by atoms with Crippen LogP contribution in [0.25, 0.3) is 0 Å². The van der Waals surface area contributed by atoms with Gasteiger partial charge in [-0.1, -0.05) is 44.2 Å². The van der Waals surface area contributed by atoms with E-state index in [9.17, 15) is 0 Å². The van der Waals surface area contributed by atoms with Gasteiger partial charge in [-0.25, -0.2) is 9.67 Å². The lowest BCUT2D eigenvalue weighted by Crippen LogP contribution is -2.31. The van der Waals surface area contributed by atoms with Crippen LogP contribution >= 0.6 is 0 Å². The predicted molar refractivity (Wildman–Crippen MR) is 72.1 cm³/mol. The number of aromatic nitrogens is 3. The molecule has 0 bridgehead atoms. The summed E-state index contributed by atoms with van der Waals surface area (Å²) >= 11 is 0. The molecule has 2 aromatic rings. The fraction of sp³-hybridized carbons (Fsp3) is 0.429. The van der Waals surface area contributed by atoms with Crippen LogP contribution in [0, 0.1) is 5.92 Å². The van der Waals surface area contributed by atoms with Gasteiger partial charge in [-0.3, -0.25) is 0 Å². The van der Waals surface area contributed by atoms with Crippen molar-refractivity contribution >= 4 is 0 Å². The Hall–Kier alpha value is -1.68. The minimum atomic E-state index is 0.230. The Labute approximate surface area is 108 Å². The summed E-state index contributed by atoms with van der Waals surface area (Å²) in [7, 11) is 1.99. The van der Waals surface area contributed by atoms with Crippen molar-refractivity contribution in [3.63, 3.8) is 0 Å². The van der Waals surface area contributed by atoms with E-state index < -0.39 is 0 Å². The number of likely N-dealkylation sites (N-methyl/N-ethyl adjacent to an activating group) is 1. The number of nitrogens with one attached hydrogen (secondary N) is 1. The van der Waals surface area contributed by atoms with Gasteiger partial charge >= 0.3 is 0 Å². The van der Waals surface area contributed by atoms with Crippen LogP contribution < -0.4 is 5.32 Å². The van der Waals surface area contributed by atoms with Gasteiger partial charge in [-0.05, 0) is 18.5 Å². The van der Waals surface area contributed by atoms with Crippen LogP contribution in [0.3, 0.4) is 0 Å². The third-order valence-electron chi connectivity index (χ3n) is 3.24. The molecular weight excluding hydrogens is 224 g/mol. The molecule has 0 amide bonds. The monoisotopic (exact) mass is 244 g/mol. The maximum atomic E-state index is 4.30. The van der Waals surface area contributed by atoms with Crippen molar-refractivity contribution in [1.29, 1.82) is 0 Å². The molecule has 1 aromatic heterocycles. The molecule has 0 aliphatic rings. The lowest BCUT2D eigenvalue weighted by Gasteiger charge is -2.30. The van der Waals surface area contributed by atoms with Crippen molar-refractivity contribution in [2.45, 2.75) is 25.9 Å². The van der Waals surface area contributed by atoms with E-state index in [1.807, 2.05) is 17.8 Å². The second-order valence-electron chi connectivity index (χ2n) is 4.79. The van der Waals surface area contributed by atoms with Gasteiger partial charge in [-0.2, -0.15) is 5.10 Å². The first-order chi connectivity index (χ1) is 8.74. The molecule has 2 atom stereocenters. The topological polar surface area (TPSA) is 42.7 Å². The van der Waals surface area contributed by atoms with Gasteiger partial charge in [0.2, 0.25) is 0 Å². The van der Waals surface area contributed by atoms with Crippen LogP contribution in [0.4, 0.5) is 0 Å². The quantitative estimate of drug-likeness (QED) is 0.878. The highest BCUT2D eigenvalue weighted by Crippen LogP contribution is 2.31. The molecule has 1 heterocycles. The first-order valence-corrected chi connectivity index (χ1v) is 6.30. The first-order valence-electron chi connectivity index (χ1n) is 6.30. The maximum absolute atomic E-state index is 4.30. The molecule has 2 rings (SSSR count). The van der Waals surface area contributed by atoms with E-state index >= 15 is 0 Å². The SMILES string of the molecule is CNC(c1ccccc1)C(C(C)C)n1cncn1. The van der Waals surface area contributed by atoms with Gasteiger partial charge in [0.05, 0.1) is 12.1 Å². The van der Waals surface area contributed by atoms with Gasteiger partial charge in [0.1, 0.15) is 12.7 Å². The van der Waals surface area contributed by atoms with Crippen LogP contribution in [0.5, 0.6) is 0 Å². The molecule has 1 N–H and O–H groups in total. The smallest absolute Gasteiger partial charge is 0.137 e. The average Bonchev–Trinajstić information content (AvgIpc) is 2.89. The van der Waals surface area contributed by atoms with E-state index in [1.54, 1.807) is 12.7 Å². The molecule has 1 aromatic carbocycles. The van der Waals surface area contributed by atoms with E-state index in [4.69, 9.17) is 0 Å². The molecule has 2 unspecified atom stereocenters. The van der Waals surface area contributed by atoms with Crippen LogP contribution in [0.2, 0.25) is 0 Å². The fourth-order valence-electron chi connectivity index (χ4n) is 2.41. The van der Waals surface area contributed by atoms with Crippen molar-refractivity contribution in [1.82, 2.24) is 20.1 Å². The average molecular weight is 244 g/mol. The summed E-state index contributed by atoms with van der Waals surface area (Å²) in [4.78, 5) is 4.06. The number of benzene rings is 1. The van der Waals surface area contributed by atoms with Crippen molar-refractivity contribution in [3.05, 3.63) is 48.5 Å². The molecule has 0 saturated carbocycles. The number of rotatable bonds is 5. The lowest BCUT2D eigenvalue weighted by molar-refractivity contribution is 0.267. The summed E-state index contributed by atoms with van der Waals surface area (Å²) in [5, 5.41) is 7.70. The van der Waals surface area contributed by atoms with Crippen molar-refractivity contribution in [2.75, 3.05) is 7.05 Å². The van der Waals surface area contributed by atoms with Gasteiger partial charge in [-0.15, -0.1) is 0 Å². The summed E-state index contributed by atoms with van der Waals surface area (Å²) in [6.07, 6.45) is 3.38. The normalized spacial score (nSPS) is 14.7. The largest absolute Gasteiger partial charge is 0.311 e. The van der Waals surface area contributed by atoms with Crippen molar-refractivity contribution < 1.29 is 0 Å². The summed E-state index contributed by atoms with van der Waals surface area (Å²) in [5.41, 5.74) is 1.27. The van der Waals surface area contributed by atoms with Gasteiger partial charge in [0, 0.05) is 0 Å². The second-order valence-corrected chi connectivity index (χ2v) is 4.79. The van der Waals surface area contributed by atoms with E-state index in [1.165, 1.54) is 5.56 Å². The van der Waals surface area contributed by atoms with Gasteiger partial charge < -0.3 is 5.32 Å². The van der Waals surface area contributed by atoms with Gasteiger partial charge in [0.15, 0.2) is 0 Å². The van der Waals surface area contributed by atoms with E-state index in [0.29, 0.717) is 5.92 Å². The third kappa shape index (κ3) is 2.59. The van der Waals surface area contributed by atoms with Crippen molar-refractivity contribution in [2.24, 2.45) is 5.92 Å². The summed E-state index contributed by atoms with van der Waals surface area (Å²) in [6, 6.07) is 10.9. The number of nitrogens with zero attached hydrogens (tertiary/aromatic N) is 3. The maximum Gasteiger partial charge on any atom is 0.137 e. The molecule has 4 heteroatoms. The molecule has 0 spiro atoms.